The zero-order valence-electron chi connectivity index (χ0n) is 8.05. The van der Waals surface area contributed by atoms with Crippen molar-refractivity contribution < 1.29 is 0 Å². The molecule has 0 saturated heterocycles. The molecule has 0 unspecified atom stereocenters. The lowest BCUT2D eigenvalue weighted by molar-refractivity contribution is 1.42. The van der Waals surface area contributed by atoms with Gasteiger partial charge in [0.05, 0.1) is 11.2 Å². The standard InChI is InChI=1S/C13H9NS/c1-2-4-11-7-12(6-5-10(11)3-1)13-8-15-9-14-13/h1-9H. The van der Waals surface area contributed by atoms with Gasteiger partial charge in [-0.05, 0) is 16.8 Å². The SMILES string of the molecule is c1ccc2cc(-c3cscn3)ccc2c1. The summed E-state index contributed by atoms with van der Waals surface area (Å²) in [7, 11) is 0. The van der Waals surface area contributed by atoms with Gasteiger partial charge in [-0.1, -0.05) is 36.4 Å². The second kappa shape index (κ2) is 3.48. The molecule has 0 aliphatic heterocycles. The molecule has 0 atom stereocenters. The molecule has 3 aromatic rings. The summed E-state index contributed by atoms with van der Waals surface area (Å²) in [6.07, 6.45) is 0. The minimum absolute atomic E-state index is 1.06. The maximum absolute atomic E-state index is 4.31. The van der Waals surface area contributed by atoms with Crippen molar-refractivity contribution in [3.8, 4) is 11.3 Å². The molecule has 1 nitrogen and oxygen atoms in total. The number of aromatic nitrogens is 1. The van der Waals surface area contributed by atoms with Crippen LogP contribution in [0.4, 0.5) is 0 Å². The second-order valence-corrected chi connectivity index (χ2v) is 4.15. The smallest absolute Gasteiger partial charge is 0.0811 e. The molecule has 2 heteroatoms. The molecule has 0 radical (unpaired) electrons. The molecule has 0 spiro atoms. The Hall–Kier alpha value is -1.67. The van der Waals surface area contributed by atoms with Crippen LogP contribution in [0.2, 0.25) is 0 Å². The van der Waals surface area contributed by atoms with E-state index in [2.05, 4.69) is 52.8 Å². The van der Waals surface area contributed by atoms with Crippen molar-refractivity contribution in [1.29, 1.82) is 0 Å². The fourth-order valence-corrected chi connectivity index (χ4v) is 2.26. The summed E-state index contributed by atoms with van der Waals surface area (Å²) in [6.45, 7) is 0. The summed E-state index contributed by atoms with van der Waals surface area (Å²) in [4.78, 5) is 4.31. The Bertz CT molecular complexity index is 584. The van der Waals surface area contributed by atoms with Crippen LogP contribution in [0.25, 0.3) is 22.0 Å². The van der Waals surface area contributed by atoms with Crippen LogP contribution in [-0.2, 0) is 0 Å². The van der Waals surface area contributed by atoms with Gasteiger partial charge < -0.3 is 0 Å². The predicted molar refractivity (Wildman–Crippen MR) is 65.1 cm³/mol. The summed E-state index contributed by atoms with van der Waals surface area (Å²) in [6, 6.07) is 14.8. The third-order valence-corrected chi connectivity index (χ3v) is 3.06. The molecule has 0 bridgehead atoms. The summed E-state index contributed by atoms with van der Waals surface area (Å²) < 4.78 is 0. The van der Waals surface area contributed by atoms with Gasteiger partial charge in [-0.15, -0.1) is 11.3 Å². The summed E-state index contributed by atoms with van der Waals surface area (Å²) in [5.41, 5.74) is 4.12. The van der Waals surface area contributed by atoms with E-state index in [1.54, 1.807) is 11.3 Å². The molecule has 0 aliphatic rings. The van der Waals surface area contributed by atoms with Crippen molar-refractivity contribution in [3.05, 3.63) is 53.4 Å². The van der Waals surface area contributed by atoms with Gasteiger partial charge in [0, 0.05) is 10.9 Å². The molecule has 3 rings (SSSR count). The van der Waals surface area contributed by atoms with Crippen LogP contribution < -0.4 is 0 Å². The maximum atomic E-state index is 4.31. The molecule has 15 heavy (non-hydrogen) atoms. The highest BCUT2D eigenvalue weighted by atomic mass is 32.1. The Morgan fingerprint density at radius 1 is 0.933 bits per heavy atom. The number of thiazole rings is 1. The number of nitrogens with zero attached hydrogens (tertiary/aromatic N) is 1. The molecule has 0 saturated carbocycles. The van der Waals surface area contributed by atoms with Crippen LogP contribution in [-0.4, -0.2) is 4.98 Å². The van der Waals surface area contributed by atoms with Crippen molar-refractivity contribution in [2.24, 2.45) is 0 Å². The van der Waals surface area contributed by atoms with E-state index in [-0.39, 0.29) is 0 Å². The number of hydrogen-bond acceptors (Lipinski definition) is 2. The minimum Gasteiger partial charge on any atom is -0.245 e. The van der Waals surface area contributed by atoms with E-state index in [0.717, 1.165) is 5.69 Å². The average Bonchev–Trinajstić information content (AvgIpc) is 2.82. The molecular formula is C13H9NS. The first-order valence-corrected chi connectivity index (χ1v) is 5.75. The number of hydrogen-bond donors (Lipinski definition) is 0. The van der Waals surface area contributed by atoms with Gasteiger partial charge in [-0.3, -0.25) is 0 Å². The molecule has 0 aliphatic carbocycles. The van der Waals surface area contributed by atoms with Gasteiger partial charge >= 0.3 is 0 Å². The van der Waals surface area contributed by atoms with Crippen molar-refractivity contribution >= 4 is 22.1 Å². The highest BCUT2D eigenvalue weighted by Gasteiger charge is 2.00. The summed E-state index contributed by atoms with van der Waals surface area (Å²) in [5.74, 6) is 0. The Morgan fingerprint density at radius 2 is 1.80 bits per heavy atom. The van der Waals surface area contributed by atoms with Crippen LogP contribution >= 0.6 is 11.3 Å². The van der Waals surface area contributed by atoms with Crippen LogP contribution in [0, 0.1) is 0 Å². The normalized spacial score (nSPS) is 10.7. The van der Waals surface area contributed by atoms with Crippen LogP contribution in [0.1, 0.15) is 0 Å². The molecular weight excluding hydrogens is 202 g/mol. The third-order valence-electron chi connectivity index (χ3n) is 2.48. The van der Waals surface area contributed by atoms with Gasteiger partial charge in [0.1, 0.15) is 0 Å². The quantitative estimate of drug-likeness (QED) is 0.593. The van der Waals surface area contributed by atoms with E-state index in [1.807, 2.05) is 5.51 Å². The fourth-order valence-electron chi connectivity index (χ4n) is 1.70. The van der Waals surface area contributed by atoms with Crippen molar-refractivity contribution in [2.45, 2.75) is 0 Å². The zero-order valence-corrected chi connectivity index (χ0v) is 8.87. The van der Waals surface area contributed by atoms with E-state index in [1.165, 1.54) is 16.3 Å². The Balaban J connectivity index is 2.22. The van der Waals surface area contributed by atoms with E-state index in [4.69, 9.17) is 0 Å². The van der Waals surface area contributed by atoms with Crippen LogP contribution in [0.5, 0.6) is 0 Å². The highest BCUT2D eigenvalue weighted by molar-refractivity contribution is 7.07. The third kappa shape index (κ3) is 1.53. The lowest BCUT2D eigenvalue weighted by atomic mass is 10.1. The predicted octanol–water partition coefficient (Wildman–Crippen LogP) is 3.96. The number of benzene rings is 2. The van der Waals surface area contributed by atoms with Gasteiger partial charge in [0.2, 0.25) is 0 Å². The Morgan fingerprint density at radius 3 is 2.60 bits per heavy atom. The second-order valence-electron chi connectivity index (χ2n) is 3.44. The molecule has 0 fully saturated rings. The van der Waals surface area contributed by atoms with Gasteiger partial charge in [-0.2, -0.15) is 0 Å². The van der Waals surface area contributed by atoms with Crippen LogP contribution in [0.3, 0.4) is 0 Å². The first-order valence-electron chi connectivity index (χ1n) is 4.81. The molecule has 2 aromatic carbocycles. The van der Waals surface area contributed by atoms with E-state index >= 15 is 0 Å². The monoisotopic (exact) mass is 211 g/mol. The fraction of sp³-hybridized carbons (Fsp3) is 0. The Kier molecular flexibility index (Phi) is 2.00. The van der Waals surface area contributed by atoms with E-state index in [9.17, 15) is 0 Å². The molecule has 1 aromatic heterocycles. The van der Waals surface area contributed by atoms with E-state index in [0.29, 0.717) is 0 Å². The van der Waals surface area contributed by atoms with Crippen molar-refractivity contribution in [3.63, 3.8) is 0 Å². The van der Waals surface area contributed by atoms with Gasteiger partial charge in [0.15, 0.2) is 0 Å². The highest BCUT2D eigenvalue weighted by Crippen LogP contribution is 2.23. The Labute approximate surface area is 92.0 Å². The summed E-state index contributed by atoms with van der Waals surface area (Å²) in [5, 5.41) is 4.61. The van der Waals surface area contributed by atoms with Crippen molar-refractivity contribution in [2.75, 3.05) is 0 Å². The minimum atomic E-state index is 1.06. The number of fused-ring (bicyclic) bond motifs is 1. The molecule has 0 N–H and O–H groups in total. The van der Waals surface area contributed by atoms with Gasteiger partial charge in [0.25, 0.3) is 0 Å². The molecule has 1 heterocycles. The topological polar surface area (TPSA) is 12.9 Å². The van der Waals surface area contributed by atoms with Crippen LogP contribution in [0.15, 0.2) is 53.4 Å². The molecule has 72 valence electrons. The summed E-state index contributed by atoms with van der Waals surface area (Å²) >= 11 is 1.63. The first kappa shape index (κ1) is 8.62. The molecule has 0 amide bonds. The largest absolute Gasteiger partial charge is 0.245 e. The average molecular weight is 211 g/mol. The first-order chi connectivity index (χ1) is 7.43. The lowest BCUT2D eigenvalue weighted by Crippen LogP contribution is -1.77. The lowest BCUT2D eigenvalue weighted by Gasteiger charge is -2.00. The van der Waals surface area contributed by atoms with E-state index < -0.39 is 0 Å². The maximum Gasteiger partial charge on any atom is 0.0811 e. The number of rotatable bonds is 1. The zero-order chi connectivity index (χ0) is 10.1. The van der Waals surface area contributed by atoms with Gasteiger partial charge in [-0.25, -0.2) is 4.98 Å². The van der Waals surface area contributed by atoms with Crippen molar-refractivity contribution in [1.82, 2.24) is 4.98 Å².